The van der Waals surface area contributed by atoms with Gasteiger partial charge in [0.05, 0.1) is 12.4 Å². The second kappa shape index (κ2) is 8.94. The number of nitrogens with zero attached hydrogens (tertiary/aromatic N) is 3. The summed E-state index contributed by atoms with van der Waals surface area (Å²) in [5, 5.41) is 2.88. The summed E-state index contributed by atoms with van der Waals surface area (Å²) in [4.78, 5) is 23.2. The molecule has 1 N–H and O–H groups in total. The molecule has 1 heterocycles. The molecule has 1 aromatic heterocycles. The SMILES string of the molecule is CCN(Cc1ccccc1)c1cnc(C(=O)NCc2ccc(C)cc2)cn1. The number of benzene rings is 2. The summed E-state index contributed by atoms with van der Waals surface area (Å²) >= 11 is 0. The molecule has 0 saturated carbocycles. The molecule has 0 spiro atoms. The molecule has 138 valence electrons. The van der Waals surface area contributed by atoms with Gasteiger partial charge >= 0.3 is 0 Å². The fraction of sp³-hybridized carbons (Fsp3) is 0.227. The second-order valence-electron chi connectivity index (χ2n) is 6.43. The quantitative estimate of drug-likeness (QED) is 0.697. The molecule has 3 rings (SSSR count). The topological polar surface area (TPSA) is 58.1 Å². The molecule has 0 bridgehead atoms. The highest BCUT2D eigenvalue weighted by Gasteiger charge is 2.11. The number of rotatable bonds is 7. The van der Waals surface area contributed by atoms with Gasteiger partial charge in [0.25, 0.3) is 5.91 Å². The Labute approximate surface area is 160 Å². The molecule has 0 saturated heterocycles. The molecule has 0 aliphatic carbocycles. The molecule has 0 aliphatic rings. The number of aryl methyl sites for hydroxylation is 1. The van der Waals surface area contributed by atoms with Gasteiger partial charge in [-0.05, 0) is 25.0 Å². The van der Waals surface area contributed by atoms with Crippen molar-refractivity contribution < 1.29 is 4.79 Å². The molecule has 1 amide bonds. The first-order valence-electron chi connectivity index (χ1n) is 9.10. The van der Waals surface area contributed by atoms with Crippen molar-refractivity contribution in [2.75, 3.05) is 11.4 Å². The maximum Gasteiger partial charge on any atom is 0.271 e. The van der Waals surface area contributed by atoms with Crippen molar-refractivity contribution in [3.8, 4) is 0 Å². The monoisotopic (exact) mass is 360 g/mol. The van der Waals surface area contributed by atoms with Crippen LogP contribution in [0.2, 0.25) is 0 Å². The van der Waals surface area contributed by atoms with Crippen LogP contribution < -0.4 is 10.2 Å². The van der Waals surface area contributed by atoms with Crippen molar-refractivity contribution in [3.05, 3.63) is 89.4 Å². The Morgan fingerprint density at radius 3 is 2.33 bits per heavy atom. The number of hydrogen-bond acceptors (Lipinski definition) is 4. The largest absolute Gasteiger partial charge is 0.351 e. The average molecular weight is 360 g/mol. The van der Waals surface area contributed by atoms with Crippen molar-refractivity contribution in [2.45, 2.75) is 26.9 Å². The fourth-order valence-corrected chi connectivity index (χ4v) is 2.74. The molecule has 0 unspecified atom stereocenters. The van der Waals surface area contributed by atoms with Crippen LogP contribution in [-0.2, 0) is 13.1 Å². The van der Waals surface area contributed by atoms with Crippen LogP contribution in [0.3, 0.4) is 0 Å². The lowest BCUT2D eigenvalue weighted by molar-refractivity contribution is 0.0945. The number of anilines is 1. The van der Waals surface area contributed by atoms with Crippen LogP contribution in [0, 0.1) is 6.92 Å². The molecule has 0 atom stereocenters. The summed E-state index contributed by atoms with van der Waals surface area (Å²) in [5.74, 6) is 0.539. The summed E-state index contributed by atoms with van der Waals surface area (Å²) < 4.78 is 0. The van der Waals surface area contributed by atoms with E-state index in [1.165, 1.54) is 17.3 Å². The molecule has 5 nitrogen and oxygen atoms in total. The number of carbonyl (C=O) groups is 1. The van der Waals surface area contributed by atoms with Gasteiger partial charge in [0, 0.05) is 19.6 Å². The van der Waals surface area contributed by atoms with Crippen molar-refractivity contribution in [1.29, 1.82) is 0 Å². The molecular weight excluding hydrogens is 336 g/mol. The van der Waals surface area contributed by atoms with E-state index in [1.54, 1.807) is 6.20 Å². The number of nitrogens with one attached hydrogen (secondary N) is 1. The van der Waals surface area contributed by atoms with E-state index in [0.29, 0.717) is 12.2 Å². The number of aromatic nitrogens is 2. The normalized spacial score (nSPS) is 10.4. The van der Waals surface area contributed by atoms with Gasteiger partial charge in [0.2, 0.25) is 0 Å². The maximum absolute atomic E-state index is 12.3. The standard InChI is InChI=1S/C22H24N4O/c1-3-26(16-19-7-5-4-6-8-19)21-15-23-20(14-24-21)22(27)25-13-18-11-9-17(2)10-12-18/h4-12,14-15H,3,13,16H2,1-2H3,(H,25,27). The molecule has 27 heavy (non-hydrogen) atoms. The predicted octanol–water partition coefficient (Wildman–Crippen LogP) is 3.74. The van der Waals surface area contributed by atoms with Crippen molar-refractivity contribution in [1.82, 2.24) is 15.3 Å². The van der Waals surface area contributed by atoms with Gasteiger partial charge in [-0.25, -0.2) is 9.97 Å². The van der Waals surface area contributed by atoms with E-state index in [-0.39, 0.29) is 5.91 Å². The lowest BCUT2D eigenvalue weighted by atomic mass is 10.1. The Morgan fingerprint density at radius 1 is 0.963 bits per heavy atom. The third-order valence-electron chi connectivity index (χ3n) is 4.37. The van der Waals surface area contributed by atoms with Crippen LogP contribution in [0.5, 0.6) is 0 Å². The summed E-state index contributed by atoms with van der Waals surface area (Å²) in [5.41, 5.74) is 3.78. The second-order valence-corrected chi connectivity index (χ2v) is 6.43. The Bertz CT molecular complexity index is 861. The highest BCUT2D eigenvalue weighted by Crippen LogP contribution is 2.13. The third kappa shape index (κ3) is 5.14. The van der Waals surface area contributed by atoms with Crippen molar-refractivity contribution in [3.63, 3.8) is 0 Å². The molecule has 5 heteroatoms. The van der Waals surface area contributed by atoms with Crippen LogP contribution in [0.25, 0.3) is 0 Å². The Balaban J connectivity index is 1.61. The zero-order valence-electron chi connectivity index (χ0n) is 15.7. The molecule has 2 aromatic carbocycles. The van der Waals surface area contributed by atoms with Crippen LogP contribution in [-0.4, -0.2) is 22.4 Å². The predicted molar refractivity (Wildman–Crippen MR) is 108 cm³/mol. The maximum atomic E-state index is 12.3. The van der Waals surface area contributed by atoms with Crippen LogP contribution in [0.4, 0.5) is 5.82 Å². The smallest absolute Gasteiger partial charge is 0.271 e. The third-order valence-corrected chi connectivity index (χ3v) is 4.37. The highest BCUT2D eigenvalue weighted by molar-refractivity contribution is 5.91. The van der Waals surface area contributed by atoms with Crippen LogP contribution in [0.15, 0.2) is 67.0 Å². The first-order chi connectivity index (χ1) is 13.2. The van der Waals surface area contributed by atoms with E-state index in [9.17, 15) is 4.79 Å². The Morgan fingerprint density at radius 2 is 1.70 bits per heavy atom. The lowest BCUT2D eigenvalue weighted by Gasteiger charge is -2.21. The van der Waals surface area contributed by atoms with Crippen molar-refractivity contribution in [2.24, 2.45) is 0 Å². The first kappa shape index (κ1) is 18.6. The van der Waals surface area contributed by atoms with E-state index in [1.807, 2.05) is 49.4 Å². The molecular formula is C22H24N4O. The average Bonchev–Trinajstić information content (AvgIpc) is 2.72. The highest BCUT2D eigenvalue weighted by atomic mass is 16.1. The number of hydrogen-bond donors (Lipinski definition) is 1. The number of amides is 1. The number of carbonyl (C=O) groups excluding carboxylic acids is 1. The summed E-state index contributed by atoms with van der Waals surface area (Å²) in [6.07, 6.45) is 3.20. The fourth-order valence-electron chi connectivity index (χ4n) is 2.74. The lowest BCUT2D eigenvalue weighted by Crippen LogP contribution is -2.26. The zero-order chi connectivity index (χ0) is 19.1. The minimum absolute atomic E-state index is 0.222. The summed E-state index contributed by atoms with van der Waals surface area (Å²) in [7, 11) is 0. The minimum atomic E-state index is -0.222. The molecule has 0 aliphatic heterocycles. The zero-order valence-corrected chi connectivity index (χ0v) is 15.7. The molecule has 0 radical (unpaired) electrons. The van der Waals surface area contributed by atoms with Gasteiger partial charge in [-0.15, -0.1) is 0 Å². The van der Waals surface area contributed by atoms with E-state index in [4.69, 9.17) is 0 Å². The molecule has 0 fully saturated rings. The van der Waals surface area contributed by atoms with E-state index < -0.39 is 0 Å². The molecule has 3 aromatic rings. The Hall–Kier alpha value is -3.21. The first-order valence-corrected chi connectivity index (χ1v) is 9.10. The van der Waals surface area contributed by atoms with Crippen LogP contribution >= 0.6 is 0 Å². The van der Waals surface area contributed by atoms with E-state index in [0.717, 1.165) is 24.5 Å². The van der Waals surface area contributed by atoms with Gasteiger partial charge in [-0.2, -0.15) is 0 Å². The summed E-state index contributed by atoms with van der Waals surface area (Å²) in [6, 6.07) is 18.3. The van der Waals surface area contributed by atoms with E-state index >= 15 is 0 Å². The van der Waals surface area contributed by atoms with Gasteiger partial charge in [0.15, 0.2) is 0 Å². The van der Waals surface area contributed by atoms with Gasteiger partial charge in [0.1, 0.15) is 11.5 Å². The van der Waals surface area contributed by atoms with Gasteiger partial charge in [-0.1, -0.05) is 60.2 Å². The summed E-state index contributed by atoms with van der Waals surface area (Å²) in [6.45, 7) is 6.15. The van der Waals surface area contributed by atoms with Gasteiger partial charge in [-0.3, -0.25) is 4.79 Å². The van der Waals surface area contributed by atoms with E-state index in [2.05, 4.69) is 39.2 Å². The van der Waals surface area contributed by atoms with Crippen molar-refractivity contribution >= 4 is 11.7 Å². The van der Waals surface area contributed by atoms with Crippen LogP contribution in [0.1, 0.15) is 34.1 Å². The minimum Gasteiger partial charge on any atom is -0.351 e. The van der Waals surface area contributed by atoms with Gasteiger partial charge < -0.3 is 10.2 Å². The Kier molecular flexibility index (Phi) is 6.15.